The van der Waals surface area contributed by atoms with Gasteiger partial charge in [0.25, 0.3) is 0 Å². The number of hydrogen-bond donors (Lipinski definition) is 1. The summed E-state index contributed by atoms with van der Waals surface area (Å²) in [7, 11) is 4.10. The van der Waals surface area contributed by atoms with Gasteiger partial charge < -0.3 is 15.0 Å². The molecule has 4 rings (SSSR count). The third kappa shape index (κ3) is 6.32. The average Bonchev–Trinajstić information content (AvgIpc) is 3.19. The van der Waals surface area contributed by atoms with E-state index in [1.165, 1.54) is 57.8 Å². The molecule has 3 fully saturated rings. The molecule has 212 valence electrons. The Morgan fingerprint density at radius 2 is 1.86 bits per heavy atom. The summed E-state index contributed by atoms with van der Waals surface area (Å²) in [4.78, 5) is 14.6. The van der Waals surface area contributed by atoms with Gasteiger partial charge in [-0.25, -0.2) is 0 Å². The van der Waals surface area contributed by atoms with E-state index in [9.17, 15) is 4.79 Å². The van der Waals surface area contributed by atoms with Gasteiger partial charge in [-0.2, -0.15) is 0 Å². The van der Waals surface area contributed by atoms with E-state index in [0.717, 1.165) is 61.4 Å². The molecular weight excluding hydrogens is 456 g/mol. The van der Waals surface area contributed by atoms with Crippen molar-refractivity contribution in [1.82, 2.24) is 10.2 Å². The highest BCUT2D eigenvalue weighted by Crippen LogP contribution is 2.67. The van der Waals surface area contributed by atoms with E-state index in [4.69, 9.17) is 4.74 Å². The van der Waals surface area contributed by atoms with Crippen LogP contribution in [0.4, 0.5) is 0 Å². The first-order valence-corrected chi connectivity index (χ1v) is 15.8. The van der Waals surface area contributed by atoms with Crippen LogP contribution in [0.1, 0.15) is 105 Å². The van der Waals surface area contributed by atoms with Crippen molar-refractivity contribution in [3.63, 3.8) is 0 Å². The second-order valence-corrected chi connectivity index (χ2v) is 14.6. The lowest BCUT2D eigenvalue weighted by Gasteiger charge is -2.58. The highest BCUT2D eigenvalue weighted by atomic mass is 16.5. The molecule has 8 unspecified atom stereocenters. The van der Waals surface area contributed by atoms with Crippen molar-refractivity contribution in [2.75, 3.05) is 33.7 Å². The SMILES string of the molecule is CC(C)CCCC(C)C1CCC2C3CC=C4CC(OC(=O)CNCCN(C)C)CCC4(C)C3CCC12C. The monoisotopic (exact) mass is 514 g/mol. The Labute approximate surface area is 228 Å². The first kappa shape index (κ1) is 29.1. The number of carbonyl (C=O) groups is 1. The number of ether oxygens (including phenoxy) is 1. The van der Waals surface area contributed by atoms with Gasteiger partial charge >= 0.3 is 5.97 Å². The number of nitrogens with one attached hydrogen (secondary N) is 1. The Balaban J connectivity index is 1.35. The van der Waals surface area contributed by atoms with Crippen LogP contribution in [0, 0.1) is 46.3 Å². The Kier molecular flexibility index (Phi) is 9.53. The summed E-state index contributed by atoms with van der Waals surface area (Å²) in [6.45, 7) is 14.6. The van der Waals surface area contributed by atoms with Gasteiger partial charge in [0.2, 0.25) is 0 Å². The van der Waals surface area contributed by atoms with Crippen molar-refractivity contribution in [2.24, 2.45) is 46.3 Å². The van der Waals surface area contributed by atoms with Crippen molar-refractivity contribution in [3.05, 3.63) is 11.6 Å². The van der Waals surface area contributed by atoms with Crippen molar-refractivity contribution in [3.8, 4) is 0 Å². The van der Waals surface area contributed by atoms with E-state index >= 15 is 0 Å². The number of nitrogens with zero attached hydrogens (tertiary/aromatic N) is 1. The zero-order chi connectivity index (χ0) is 26.8. The van der Waals surface area contributed by atoms with Gasteiger partial charge in [0.1, 0.15) is 6.10 Å². The average molecular weight is 515 g/mol. The van der Waals surface area contributed by atoms with E-state index in [-0.39, 0.29) is 12.1 Å². The lowest BCUT2D eigenvalue weighted by molar-refractivity contribution is -0.150. The molecule has 4 aliphatic rings. The van der Waals surface area contributed by atoms with Crippen LogP contribution < -0.4 is 5.32 Å². The van der Waals surface area contributed by atoms with Crippen LogP contribution in [0.15, 0.2) is 11.6 Å². The number of hydrogen-bond acceptors (Lipinski definition) is 4. The number of fused-ring (bicyclic) bond motifs is 5. The summed E-state index contributed by atoms with van der Waals surface area (Å²) >= 11 is 0. The molecule has 0 heterocycles. The van der Waals surface area contributed by atoms with Gasteiger partial charge in [-0.05, 0) is 105 Å². The fourth-order valence-corrected chi connectivity index (χ4v) is 9.47. The molecule has 4 aliphatic carbocycles. The van der Waals surface area contributed by atoms with Crippen molar-refractivity contribution >= 4 is 5.97 Å². The van der Waals surface area contributed by atoms with E-state index in [1.54, 1.807) is 5.57 Å². The third-order valence-corrected chi connectivity index (χ3v) is 11.6. The van der Waals surface area contributed by atoms with Crippen LogP contribution in [0.3, 0.4) is 0 Å². The van der Waals surface area contributed by atoms with Crippen LogP contribution in [0.2, 0.25) is 0 Å². The number of rotatable bonds is 11. The van der Waals surface area contributed by atoms with Gasteiger partial charge in [0, 0.05) is 19.5 Å². The lowest BCUT2D eigenvalue weighted by atomic mass is 9.47. The first-order valence-electron chi connectivity index (χ1n) is 15.8. The van der Waals surface area contributed by atoms with Gasteiger partial charge in [0.15, 0.2) is 0 Å². The number of carbonyl (C=O) groups excluding carboxylic acids is 1. The highest BCUT2D eigenvalue weighted by molar-refractivity contribution is 5.71. The van der Waals surface area contributed by atoms with E-state index < -0.39 is 0 Å². The predicted molar refractivity (Wildman–Crippen MR) is 154 cm³/mol. The molecule has 1 N–H and O–H groups in total. The fourth-order valence-electron chi connectivity index (χ4n) is 9.47. The van der Waals surface area contributed by atoms with Crippen molar-refractivity contribution < 1.29 is 9.53 Å². The summed E-state index contributed by atoms with van der Waals surface area (Å²) < 4.78 is 5.95. The Morgan fingerprint density at radius 1 is 1.08 bits per heavy atom. The lowest BCUT2D eigenvalue weighted by Crippen LogP contribution is -2.51. The second kappa shape index (κ2) is 12.1. The first-order chi connectivity index (χ1) is 17.5. The van der Waals surface area contributed by atoms with E-state index in [2.05, 4.69) is 65.0 Å². The molecule has 0 aromatic heterocycles. The van der Waals surface area contributed by atoms with Gasteiger partial charge in [-0.15, -0.1) is 0 Å². The zero-order valence-electron chi connectivity index (χ0n) is 25.3. The maximum Gasteiger partial charge on any atom is 0.320 e. The molecule has 3 saturated carbocycles. The molecule has 8 atom stereocenters. The van der Waals surface area contributed by atoms with Crippen LogP contribution in [0.5, 0.6) is 0 Å². The number of likely N-dealkylation sites (N-methyl/N-ethyl adjacent to an activating group) is 1. The highest BCUT2D eigenvalue weighted by Gasteiger charge is 2.59. The van der Waals surface area contributed by atoms with Crippen LogP contribution >= 0.6 is 0 Å². The summed E-state index contributed by atoms with van der Waals surface area (Å²) in [6, 6.07) is 0. The van der Waals surface area contributed by atoms with Gasteiger partial charge in [-0.1, -0.05) is 65.5 Å². The molecule has 0 amide bonds. The van der Waals surface area contributed by atoms with Crippen molar-refractivity contribution in [2.45, 2.75) is 111 Å². The Hall–Kier alpha value is -0.870. The molecule has 0 saturated heterocycles. The number of esters is 1. The standard InChI is InChI=1S/C33H58N2O2/c1-23(2)9-8-10-24(3)28-13-14-29-27-12-11-25-21-26(37-31(36)22-34-19-20-35(6)7)15-17-32(25,4)30(27)16-18-33(28,29)5/h11,23-24,26-30,34H,8-10,12-22H2,1-7H3. The molecule has 0 aromatic rings. The smallest absolute Gasteiger partial charge is 0.320 e. The topological polar surface area (TPSA) is 41.6 Å². The summed E-state index contributed by atoms with van der Waals surface area (Å²) in [5.74, 6) is 5.13. The third-order valence-electron chi connectivity index (χ3n) is 11.6. The summed E-state index contributed by atoms with van der Waals surface area (Å²) in [6.07, 6.45) is 17.1. The molecule has 37 heavy (non-hydrogen) atoms. The Bertz CT molecular complexity index is 806. The van der Waals surface area contributed by atoms with Gasteiger partial charge in [-0.3, -0.25) is 4.79 Å². The van der Waals surface area contributed by atoms with Crippen molar-refractivity contribution in [1.29, 1.82) is 0 Å². The van der Waals surface area contributed by atoms with Crippen LogP contribution in [-0.2, 0) is 9.53 Å². The summed E-state index contributed by atoms with van der Waals surface area (Å²) in [5.41, 5.74) is 2.48. The molecule has 0 bridgehead atoms. The maximum atomic E-state index is 12.5. The zero-order valence-corrected chi connectivity index (χ0v) is 25.3. The summed E-state index contributed by atoms with van der Waals surface area (Å²) in [5, 5.41) is 3.23. The normalized spacial score (nSPS) is 38.1. The number of allylic oxidation sites excluding steroid dienone is 1. The van der Waals surface area contributed by atoms with E-state index in [1.807, 2.05) is 0 Å². The minimum atomic E-state index is -0.0883. The second-order valence-electron chi connectivity index (χ2n) is 14.6. The molecule has 0 spiro atoms. The fraction of sp³-hybridized carbons (Fsp3) is 0.909. The molecule has 0 aromatic carbocycles. The molecule has 0 radical (unpaired) electrons. The van der Waals surface area contributed by atoms with E-state index in [0.29, 0.717) is 17.4 Å². The molecule has 4 nitrogen and oxygen atoms in total. The van der Waals surface area contributed by atoms with Crippen LogP contribution in [-0.4, -0.2) is 50.7 Å². The Morgan fingerprint density at radius 3 is 2.59 bits per heavy atom. The largest absolute Gasteiger partial charge is 0.461 e. The predicted octanol–water partition coefficient (Wildman–Crippen LogP) is 7.09. The van der Waals surface area contributed by atoms with Gasteiger partial charge in [0.05, 0.1) is 6.54 Å². The minimum absolute atomic E-state index is 0.0652. The molecule has 0 aliphatic heterocycles. The van der Waals surface area contributed by atoms with Crippen LogP contribution in [0.25, 0.3) is 0 Å². The molecule has 4 heteroatoms. The minimum Gasteiger partial charge on any atom is -0.461 e. The maximum absolute atomic E-state index is 12.5. The quantitative estimate of drug-likeness (QED) is 0.181. The molecular formula is C33H58N2O2.